The minimum atomic E-state index is -0.647. The second-order valence-corrected chi connectivity index (χ2v) is 5.96. The summed E-state index contributed by atoms with van der Waals surface area (Å²) in [5.74, 6) is 0.119. The quantitative estimate of drug-likeness (QED) is 0.727. The molecule has 0 radical (unpaired) electrons. The maximum atomic E-state index is 12.0. The smallest absolute Gasteiger partial charge is 0.321 e. The van der Waals surface area contributed by atoms with Crippen molar-refractivity contribution >= 4 is 29.2 Å². The molecule has 1 aliphatic heterocycles. The van der Waals surface area contributed by atoms with Crippen LogP contribution in [0.2, 0.25) is 5.02 Å². The molecule has 0 aromatic heterocycles. The number of carbonyl (C=O) groups excluding carboxylic acids is 2. The predicted molar refractivity (Wildman–Crippen MR) is 91.6 cm³/mol. The van der Waals surface area contributed by atoms with Crippen LogP contribution in [0.4, 0.5) is 10.5 Å². The van der Waals surface area contributed by atoms with Crippen molar-refractivity contribution in [2.45, 2.75) is 31.9 Å². The molecule has 0 aliphatic carbocycles. The SMILES string of the molecule is CNC(=O)NC(=O)[C@H](C)Nc1cc(Cl)ccc1OC[C@H]1CCCO1. The lowest BCUT2D eigenvalue weighted by molar-refractivity contribution is -0.120. The topological polar surface area (TPSA) is 88.7 Å². The van der Waals surface area contributed by atoms with Crippen molar-refractivity contribution < 1.29 is 19.1 Å². The molecule has 3 N–H and O–H groups in total. The summed E-state index contributed by atoms with van der Waals surface area (Å²) in [5.41, 5.74) is 0.583. The lowest BCUT2D eigenvalue weighted by atomic mass is 10.2. The minimum absolute atomic E-state index is 0.0856. The molecule has 7 nitrogen and oxygen atoms in total. The van der Waals surface area contributed by atoms with E-state index in [1.165, 1.54) is 7.05 Å². The monoisotopic (exact) mass is 355 g/mol. The van der Waals surface area contributed by atoms with E-state index in [-0.39, 0.29) is 6.10 Å². The molecule has 8 heteroatoms. The summed E-state index contributed by atoms with van der Waals surface area (Å²) in [4.78, 5) is 23.2. The predicted octanol–water partition coefficient (Wildman–Crippen LogP) is 2.15. The van der Waals surface area contributed by atoms with Crippen LogP contribution in [0.5, 0.6) is 5.75 Å². The molecule has 0 bridgehead atoms. The molecule has 1 aliphatic rings. The van der Waals surface area contributed by atoms with Gasteiger partial charge in [-0.1, -0.05) is 11.6 Å². The van der Waals surface area contributed by atoms with Gasteiger partial charge in [-0.05, 0) is 38.0 Å². The normalized spacial score (nSPS) is 17.9. The second-order valence-electron chi connectivity index (χ2n) is 5.52. The van der Waals surface area contributed by atoms with Crippen molar-refractivity contribution in [1.82, 2.24) is 10.6 Å². The zero-order chi connectivity index (χ0) is 17.5. The number of nitrogens with one attached hydrogen (secondary N) is 3. The molecular weight excluding hydrogens is 334 g/mol. The summed E-state index contributed by atoms with van der Waals surface area (Å²) < 4.78 is 11.3. The number of urea groups is 1. The van der Waals surface area contributed by atoms with Crippen molar-refractivity contribution in [3.63, 3.8) is 0 Å². The summed E-state index contributed by atoms with van der Waals surface area (Å²) in [5, 5.41) is 8.07. The number of benzene rings is 1. The maximum Gasteiger partial charge on any atom is 0.321 e. The molecule has 3 amide bonds. The first-order valence-corrected chi connectivity index (χ1v) is 8.20. The fourth-order valence-electron chi connectivity index (χ4n) is 2.28. The molecule has 2 atom stereocenters. The molecule has 1 aromatic rings. The number of ether oxygens (including phenoxy) is 2. The van der Waals surface area contributed by atoms with Gasteiger partial charge in [0.25, 0.3) is 0 Å². The van der Waals surface area contributed by atoms with Crippen LogP contribution in [-0.4, -0.2) is 44.3 Å². The molecule has 132 valence electrons. The molecular formula is C16H22ClN3O4. The van der Waals surface area contributed by atoms with E-state index in [1.807, 2.05) is 0 Å². The molecule has 0 saturated carbocycles. The van der Waals surface area contributed by atoms with Gasteiger partial charge in [0.15, 0.2) is 0 Å². The Morgan fingerprint density at radius 1 is 1.46 bits per heavy atom. The summed E-state index contributed by atoms with van der Waals surface area (Å²) in [6.45, 7) is 2.84. The third-order valence-corrected chi connectivity index (χ3v) is 3.85. The first-order valence-electron chi connectivity index (χ1n) is 7.82. The highest BCUT2D eigenvalue weighted by Gasteiger charge is 2.19. The van der Waals surface area contributed by atoms with E-state index in [2.05, 4.69) is 16.0 Å². The van der Waals surface area contributed by atoms with Gasteiger partial charge in [0.05, 0.1) is 11.8 Å². The average Bonchev–Trinajstić information content (AvgIpc) is 3.07. The van der Waals surface area contributed by atoms with E-state index < -0.39 is 18.0 Å². The Morgan fingerprint density at radius 2 is 2.25 bits per heavy atom. The van der Waals surface area contributed by atoms with Gasteiger partial charge in [-0.15, -0.1) is 0 Å². The molecule has 1 aromatic carbocycles. The Hall–Kier alpha value is -1.99. The van der Waals surface area contributed by atoms with E-state index in [9.17, 15) is 9.59 Å². The van der Waals surface area contributed by atoms with Gasteiger partial charge < -0.3 is 20.1 Å². The van der Waals surface area contributed by atoms with Gasteiger partial charge in [0.2, 0.25) is 5.91 Å². The third-order valence-electron chi connectivity index (χ3n) is 3.62. The largest absolute Gasteiger partial charge is 0.489 e. The van der Waals surface area contributed by atoms with Crippen LogP contribution in [0.3, 0.4) is 0 Å². The number of amides is 3. The zero-order valence-electron chi connectivity index (χ0n) is 13.7. The Kier molecular flexibility index (Phi) is 6.69. The summed E-state index contributed by atoms with van der Waals surface area (Å²) in [6.07, 6.45) is 2.10. The van der Waals surface area contributed by atoms with E-state index in [4.69, 9.17) is 21.1 Å². The van der Waals surface area contributed by atoms with Gasteiger partial charge in [0, 0.05) is 18.7 Å². The highest BCUT2D eigenvalue weighted by atomic mass is 35.5. The Labute approximate surface area is 146 Å². The van der Waals surface area contributed by atoms with Crippen molar-refractivity contribution in [2.75, 3.05) is 25.6 Å². The van der Waals surface area contributed by atoms with Crippen LogP contribution in [0, 0.1) is 0 Å². The van der Waals surface area contributed by atoms with Crippen LogP contribution in [0.1, 0.15) is 19.8 Å². The Bertz CT molecular complexity index is 591. The fourth-order valence-corrected chi connectivity index (χ4v) is 2.45. The minimum Gasteiger partial charge on any atom is -0.489 e. The number of anilines is 1. The average molecular weight is 356 g/mol. The summed E-state index contributed by atoms with van der Waals surface area (Å²) in [7, 11) is 1.44. The van der Waals surface area contributed by atoms with Crippen LogP contribution in [-0.2, 0) is 9.53 Å². The summed E-state index contributed by atoms with van der Waals surface area (Å²) in [6, 6.07) is 3.92. The molecule has 1 fully saturated rings. The third kappa shape index (κ3) is 5.28. The lowest BCUT2D eigenvalue weighted by Gasteiger charge is -2.19. The van der Waals surface area contributed by atoms with Crippen molar-refractivity contribution in [3.05, 3.63) is 23.2 Å². The highest BCUT2D eigenvalue weighted by Crippen LogP contribution is 2.29. The van der Waals surface area contributed by atoms with E-state index >= 15 is 0 Å². The number of imide groups is 1. The maximum absolute atomic E-state index is 12.0. The molecule has 1 heterocycles. The van der Waals surface area contributed by atoms with E-state index in [1.54, 1.807) is 25.1 Å². The van der Waals surface area contributed by atoms with Crippen molar-refractivity contribution in [3.8, 4) is 5.75 Å². The first-order chi connectivity index (χ1) is 11.5. The Morgan fingerprint density at radius 3 is 2.92 bits per heavy atom. The van der Waals surface area contributed by atoms with Crippen LogP contribution < -0.4 is 20.7 Å². The van der Waals surface area contributed by atoms with E-state index in [0.29, 0.717) is 23.1 Å². The number of rotatable bonds is 6. The van der Waals surface area contributed by atoms with Crippen molar-refractivity contribution in [2.24, 2.45) is 0 Å². The van der Waals surface area contributed by atoms with Crippen LogP contribution in [0.15, 0.2) is 18.2 Å². The van der Waals surface area contributed by atoms with E-state index in [0.717, 1.165) is 19.4 Å². The summed E-state index contributed by atoms with van der Waals surface area (Å²) >= 11 is 6.03. The van der Waals surface area contributed by atoms with Gasteiger partial charge in [-0.3, -0.25) is 10.1 Å². The van der Waals surface area contributed by atoms with Crippen LogP contribution in [0.25, 0.3) is 0 Å². The van der Waals surface area contributed by atoms with Gasteiger partial charge in [-0.2, -0.15) is 0 Å². The number of hydrogen-bond acceptors (Lipinski definition) is 5. The molecule has 1 saturated heterocycles. The number of carbonyl (C=O) groups is 2. The van der Waals surface area contributed by atoms with Gasteiger partial charge >= 0.3 is 6.03 Å². The van der Waals surface area contributed by atoms with Crippen LogP contribution >= 0.6 is 11.6 Å². The van der Waals surface area contributed by atoms with Crippen molar-refractivity contribution in [1.29, 1.82) is 0 Å². The second kappa shape index (κ2) is 8.75. The lowest BCUT2D eigenvalue weighted by Crippen LogP contribution is -2.44. The standard InChI is InChI=1S/C16H22ClN3O4/c1-10(15(21)20-16(22)18-2)19-13-8-11(17)5-6-14(13)24-9-12-4-3-7-23-12/h5-6,8,10,12,19H,3-4,7,9H2,1-2H3,(H2,18,20,21,22)/t10-,12+/m0/s1. The Balaban J connectivity index is 2.00. The molecule has 0 spiro atoms. The van der Waals surface area contributed by atoms with Gasteiger partial charge in [0.1, 0.15) is 18.4 Å². The molecule has 2 rings (SSSR count). The number of halogens is 1. The first kappa shape index (κ1) is 18.4. The fraction of sp³-hybridized carbons (Fsp3) is 0.500. The van der Waals surface area contributed by atoms with Gasteiger partial charge in [-0.25, -0.2) is 4.79 Å². The number of hydrogen-bond donors (Lipinski definition) is 3. The highest BCUT2D eigenvalue weighted by molar-refractivity contribution is 6.31. The zero-order valence-corrected chi connectivity index (χ0v) is 14.5. The molecule has 24 heavy (non-hydrogen) atoms. The molecule has 0 unspecified atom stereocenters.